The predicted molar refractivity (Wildman–Crippen MR) is 76.5 cm³/mol. The highest BCUT2D eigenvalue weighted by Gasteiger charge is 2.14. The number of carbonyl (C=O) groups excluding carboxylic acids is 2. The van der Waals surface area contributed by atoms with Crippen LogP contribution in [0.3, 0.4) is 0 Å². The van der Waals surface area contributed by atoms with Gasteiger partial charge in [-0.15, -0.1) is 0 Å². The third-order valence-electron chi connectivity index (χ3n) is 2.59. The van der Waals surface area contributed by atoms with Gasteiger partial charge in [-0.1, -0.05) is 18.2 Å². The number of phenolic OH excluding ortho intramolecular Hbond substituents is 1. The van der Waals surface area contributed by atoms with Crippen LogP contribution >= 0.6 is 0 Å². The number of hydrogen-bond donors (Lipinski definition) is 3. The lowest BCUT2D eigenvalue weighted by molar-refractivity contribution is -0.132. The molecule has 0 saturated heterocycles. The molecule has 20 heavy (non-hydrogen) atoms. The van der Waals surface area contributed by atoms with Gasteiger partial charge in [0, 0.05) is 17.4 Å². The Morgan fingerprint density at radius 2 is 1.45 bits per heavy atom. The molecular weight excluding hydrogens is 256 g/mol. The van der Waals surface area contributed by atoms with E-state index in [1.165, 1.54) is 12.1 Å². The van der Waals surface area contributed by atoms with E-state index in [0.717, 1.165) is 5.56 Å². The average Bonchev–Trinajstić information content (AvgIpc) is 2.38. The van der Waals surface area contributed by atoms with E-state index in [1.54, 1.807) is 30.3 Å². The maximum atomic E-state index is 11.7. The van der Waals surface area contributed by atoms with Gasteiger partial charge >= 0.3 is 11.8 Å². The molecule has 0 atom stereocenters. The second kappa shape index (κ2) is 5.88. The molecule has 2 amide bonds. The number of nitrogens with one attached hydrogen (secondary N) is 2. The highest BCUT2D eigenvalue weighted by Crippen LogP contribution is 2.15. The Morgan fingerprint density at radius 1 is 0.900 bits per heavy atom. The summed E-state index contributed by atoms with van der Waals surface area (Å²) in [5.41, 5.74) is 1.90. The van der Waals surface area contributed by atoms with E-state index in [-0.39, 0.29) is 5.75 Å². The molecule has 102 valence electrons. The van der Waals surface area contributed by atoms with Crippen LogP contribution in [0.4, 0.5) is 11.4 Å². The molecule has 3 N–H and O–H groups in total. The fourth-order valence-electron chi connectivity index (χ4n) is 1.68. The smallest absolute Gasteiger partial charge is 0.314 e. The van der Waals surface area contributed by atoms with Gasteiger partial charge in [-0.05, 0) is 36.8 Å². The average molecular weight is 270 g/mol. The molecule has 2 aromatic rings. The minimum Gasteiger partial charge on any atom is -0.508 e. The summed E-state index contributed by atoms with van der Waals surface area (Å²) in [4.78, 5) is 23.4. The topological polar surface area (TPSA) is 78.4 Å². The molecule has 0 spiro atoms. The van der Waals surface area contributed by atoms with E-state index >= 15 is 0 Å². The van der Waals surface area contributed by atoms with Crippen LogP contribution < -0.4 is 10.6 Å². The van der Waals surface area contributed by atoms with Crippen molar-refractivity contribution in [1.82, 2.24) is 0 Å². The SMILES string of the molecule is Cc1cccc(NC(=O)C(=O)Nc2cccc(O)c2)c1. The summed E-state index contributed by atoms with van der Waals surface area (Å²) >= 11 is 0. The van der Waals surface area contributed by atoms with Crippen molar-refractivity contribution >= 4 is 23.2 Å². The second-order valence-electron chi connectivity index (χ2n) is 4.33. The van der Waals surface area contributed by atoms with Crippen LogP contribution in [0.5, 0.6) is 5.75 Å². The van der Waals surface area contributed by atoms with Crippen LogP contribution in [-0.2, 0) is 9.59 Å². The monoisotopic (exact) mass is 270 g/mol. The summed E-state index contributed by atoms with van der Waals surface area (Å²) in [5, 5.41) is 14.2. The highest BCUT2D eigenvalue weighted by molar-refractivity contribution is 6.43. The molecule has 5 nitrogen and oxygen atoms in total. The number of anilines is 2. The van der Waals surface area contributed by atoms with E-state index in [1.807, 2.05) is 13.0 Å². The van der Waals surface area contributed by atoms with Crippen molar-refractivity contribution in [2.45, 2.75) is 6.92 Å². The standard InChI is InChI=1S/C15H14N2O3/c1-10-4-2-5-11(8-10)16-14(19)15(20)17-12-6-3-7-13(18)9-12/h2-9,18H,1H3,(H,16,19)(H,17,20). The van der Waals surface area contributed by atoms with E-state index in [9.17, 15) is 14.7 Å². The molecule has 0 bridgehead atoms. The molecule has 0 saturated carbocycles. The van der Waals surface area contributed by atoms with Crippen LogP contribution in [0.1, 0.15) is 5.56 Å². The number of hydrogen-bond acceptors (Lipinski definition) is 3. The quantitative estimate of drug-likeness (QED) is 0.732. The van der Waals surface area contributed by atoms with Gasteiger partial charge in [0.15, 0.2) is 0 Å². The lowest BCUT2D eigenvalue weighted by Crippen LogP contribution is -2.29. The van der Waals surface area contributed by atoms with Crippen molar-refractivity contribution in [3.8, 4) is 5.75 Å². The van der Waals surface area contributed by atoms with Crippen molar-refractivity contribution in [2.24, 2.45) is 0 Å². The lowest BCUT2D eigenvalue weighted by Gasteiger charge is -2.07. The molecule has 0 aliphatic carbocycles. The van der Waals surface area contributed by atoms with Gasteiger partial charge in [-0.3, -0.25) is 9.59 Å². The molecule has 5 heteroatoms. The summed E-state index contributed by atoms with van der Waals surface area (Å²) in [7, 11) is 0. The number of carbonyl (C=O) groups is 2. The van der Waals surface area contributed by atoms with Gasteiger partial charge in [-0.25, -0.2) is 0 Å². The normalized spacial score (nSPS) is 9.85. The molecule has 2 aromatic carbocycles. The van der Waals surface area contributed by atoms with Crippen molar-refractivity contribution < 1.29 is 14.7 Å². The number of rotatable bonds is 2. The maximum absolute atomic E-state index is 11.7. The first-order valence-electron chi connectivity index (χ1n) is 6.02. The largest absolute Gasteiger partial charge is 0.508 e. The number of aryl methyl sites for hydroxylation is 1. The fraction of sp³-hybridized carbons (Fsp3) is 0.0667. The molecule has 0 aliphatic rings. The van der Waals surface area contributed by atoms with Gasteiger partial charge < -0.3 is 15.7 Å². The maximum Gasteiger partial charge on any atom is 0.314 e. The Kier molecular flexibility index (Phi) is 4.00. The number of benzene rings is 2. The summed E-state index contributed by atoms with van der Waals surface area (Å²) in [6.45, 7) is 1.89. The molecule has 0 fully saturated rings. The third kappa shape index (κ3) is 3.58. The third-order valence-corrected chi connectivity index (χ3v) is 2.59. The van der Waals surface area contributed by atoms with E-state index in [2.05, 4.69) is 10.6 Å². The molecule has 0 aliphatic heterocycles. The number of phenols is 1. The predicted octanol–water partition coefficient (Wildman–Crippen LogP) is 2.28. The van der Waals surface area contributed by atoms with Crippen LogP contribution in [0.25, 0.3) is 0 Å². The zero-order chi connectivity index (χ0) is 14.5. The van der Waals surface area contributed by atoms with Crippen molar-refractivity contribution in [3.05, 3.63) is 54.1 Å². The van der Waals surface area contributed by atoms with Gasteiger partial charge in [0.2, 0.25) is 0 Å². The minimum atomic E-state index is -0.794. The molecule has 0 aromatic heterocycles. The van der Waals surface area contributed by atoms with Crippen molar-refractivity contribution in [1.29, 1.82) is 0 Å². The Balaban J connectivity index is 2.01. The molecular formula is C15H14N2O3. The van der Waals surface area contributed by atoms with E-state index in [4.69, 9.17) is 0 Å². The summed E-state index contributed by atoms with van der Waals surface area (Å²) < 4.78 is 0. The van der Waals surface area contributed by atoms with Crippen LogP contribution in [0.2, 0.25) is 0 Å². The lowest BCUT2D eigenvalue weighted by atomic mass is 10.2. The first kappa shape index (κ1) is 13.6. The summed E-state index contributed by atoms with van der Waals surface area (Å²) in [6.07, 6.45) is 0. The zero-order valence-corrected chi connectivity index (χ0v) is 10.9. The van der Waals surface area contributed by atoms with Crippen LogP contribution in [0.15, 0.2) is 48.5 Å². The van der Waals surface area contributed by atoms with E-state index in [0.29, 0.717) is 11.4 Å². The van der Waals surface area contributed by atoms with Gasteiger partial charge in [-0.2, -0.15) is 0 Å². The fourth-order valence-corrected chi connectivity index (χ4v) is 1.68. The van der Waals surface area contributed by atoms with Gasteiger partial charge in [0.05, 0.1) is 0 Å². The summed E-state index contributed by atoms with van der Waals surface area (Å²) in [5.74, 6) is -1.54. The summed E-state index contributed by atoms with van der Waals surface area (Å²) in [6, 6.07) is 13.1. The molecule has 0 heterocycles. The van der Waals surface area contributed by atoms with Gasteiger partial charge in [0.25, 0.3) is 0 Å². The van der Waals surface area contributed by atoms with E-state index < -0.39 is 11.8 Å². The van der Waals surface area contributed by atoms with Crippen LogP contribution in [0, 0.1) is 6.92 Å². The van der Waals surface area contributed by atoms with Crippen molar-refractivity contribution in [3.63, 3.8) is 0 Å². The number of amides is 2. The molecule has 2 rings (SSSR count). The Labute approximate surface area is 116 Å². The minimum absolute atomic E-state index is 0.0156. The Hall–Kier alpha value is -2.82. The first-order chi connectivity index (χ1) is 9.54. The molecule has 0 unspecified atom stereocenters. The Bertz CT molecular complexity index is 596. The zero-order valence-electron chi connectivity index (χ0n) is 10.9. The number of aromatic hydroxyl groups is 1. The van der Waals surface area contributed by atoms with Gasteiger partial charge in [0.1, 0.15) is 5.75 Å². The second-order valence-corrected chi connectivity index (χ2v) is 4.33. The molecule has 0 radical (unpaired) electrons. The Morgan fingerprint density at radius 3 is 2.00 bits per heavy atom. The highest BCUT2D eigenvalue weighted by atomic mass is 16.3. The van der Waals surface area contributed by atoms with Crippen molar-refractivity contribution in [2.75, 3.05) is 10.6 Å². The van der Waals surface area contributed by atoms with Crippen LogP contribution in [-0.4, -0.2) is 16.9 Å². The first-order valence-corrected chi connectivity index (χ1v) is 6.02.